The summed E-state index contributed by atoms with van der Waals surface area (Å²) >= 11 is 0. The number of carbonyl (C=O) groups is 1. The molecule has 0 atom stereocenters. The normalized spacial score (nSPS) is 16.8. The number of nitrogens with zero attached hydrogens (tertiary/aromatic N) is 1. The van der Waals surface area contributed by atoms with Crippen molar-refractivity contribution in [3.05, 3.63) is 23.8 Å². The second-order valence-electron chi connectivity index (χ2n) is 5.54. The van der Waals surface area contributed by atoms with Crippen LogP contribution in [0.25, 0.3) is 0 Å². The van der Waals surface area contributed by atoms with Gasteiger partial charge in [0.15, 0.2) is 0 Å². The Morgan fingerprint density at radius 1 is 1.39 bits per heavy atom. The molecule has 18 heavy (non-hydrogen) atoms. The molecule has 1 aliphatic carbocycles. The molecule has 0 bridgehead atoms. The summed E-state index contributed by atoms with van der Waals surface area (Å²) in [6.45, 7) is 2.09. The SMILES string of the molecule is CN(C)c1ccc(N)cc1C(=O)NC1(C)CCC1. The van der Waals surface area contributed by atoms with E-state index in [2.05, 4.69) is 12.2 Å². The number of rotatable bonds is 3. The molecule has 4 nitrogen and oxygen atoms in total. The minimum Gasteiger partial charge on any atom is -0.399 e. The topological polar surface area (TPSA) is 58.4 Å². The van der Waals surface area contributed by atoms with Gasteiger partial charge in [0.05, 0.1) is 5.56 Å². The Kier molecular flexibility index (Phi) is 3.20. The van der Waals surface area contributed by atoms with Crippen LogP contribution in [0.1, 0.15) is 36.5 Å². The predicted octanol–water partition coefficient (Wildman–Crippen LogP) is 2.01. The smallest absolute Gasteiger partial charge is 0.253 e. The van der Waals surface area contributed by atoms with E-state index in [-0.39, 0.29) is 11.4 Å². The molecule has 0 heterocycles. The molecule has 1 fully saturated rings. The van der Waals surface area contributed by atoms with E-state index in [1.807, 2.05) is 31.1 Å². The lowest BCUT2D eigenvalue weighted by atomic mass is 9.78. The van der Waals surface area contributed by atoms with E-state index < -0.39 is 0 Å². The molecule has 2 rings (SSSR count). The molecule has 1 aliphatic rings. The first-order valence-electron chi connectivity index (χ1n) is 6.31. The molecule has 98 valence electrons. The summed E-state index contributed by atoms with van der Waals surface area (Å²) in [7, 11) is 3.85. The number of benzene rings is 1. The van der Waals surface area contributed by atoms with Crippen molar-refractivity contribution in [2.24, 2.45) is 0 Å². The van der Waals surface area contributed by atoms with E-state index in [0.717, 1.165) is 18.5 Å². The van der Waals surface area contributed by atoms with E-state index in [4.69, 9.17) is 5.73 Å². The third-order valence-electron chi connectivity index (χ3n) is 3.62. The number of hydrogen-bond donors (Lipinski definition) is 2. The van der Waals surface area contributed by atoms with Gasteiger partial charge < -0.3 is 16.0 Å². The zero-order valence-corrected chi connectivity index (χ0v) is 11.3. The van der Waals surface area contributed by atoms with Gasteiger partial charge >= 0.3 is 0 Å². The van der Waals surface area contributed by atoms with E-state index in [9.17, 15) is 4.79 Å². The van der Waals surface area contributed by atoms with Crippen LogP contribution in [-0.4, -0.2) is 25.5 Å². The largest absolute Gasteiger partial charge is 0.399 e. The average Bonchev–Trinajstić information content (AvgIpc) is 2.26. The molecule has 3 N–H and O–H groups in total. The van der Waals surface area contributed by atoms with Gasteiger partial charge in [-0.15, -0.1) is 0 Å². The first kappa shape index (κ1) is 12.7. The first-order chi connectivity index (χ1) is 8.41. The maximum atomic E-state index is 12.3. The zero-order valence-electron chi connectivity index (χ0n) is 11.3. The van der Waals surface area contributed by atoms with E-state index in [1.165, 1.54) is 6.42 Å². The highest BCUT2D eigenvalue weighted by molar-refractivity contribution is 6.01. The summed E-state index contributed by atoms with van der Waals surface area (Å²) in [5, 5.41) is 3.11. The Labute approximate surface area is 108 Å². The van der Waals surface area contributed by atoms with Crippen molar-refractivity contribution in [2.45, 2.75) is 31.7 Å². The molecular weight excluding hydrogens is 226 g/mol. The summed E-state index contributed by atoms with van der Waals surface area (Å²) in [6.07, 6.45) is 3.30. The molecule has 4 heteroatoms. The molecule has 1 saturated carbocycles. The van der Waals surface area contributed by atoms with Crippen LogP contribution in [-0.2, 0) is 0 Å². The van der Waals surface area contributed by atoms with Crippen LogP contribution in [0, 0.1) is 0 Å². The van der Waals surface area contributed by atoms with Gasteiger partial charge in [0, 0.05) is 31.0 Å². The number of nitrogen functional groups attached to an aromatic ring is 1. The van der Waals surface area contributed by atoms with Crippen molar-refractivity contribution in [3.63, 3.8) is 0 Å². The highest BCUT2D eigenvalue weighted by Gasteiger charge is 2.33. The third-order valence-corrected chi connectivity index (χ3v) is 3.62. The zero-order chi connectivity index (χ0) is 13.3. The van der Waals surface area contributed by atoms with Gasteiger partial charge in [0.2, 0.25) is 0 Å². The van der Waals surface area contributed by atoms with Crippen LogP contribution < -0.4 is 16.0 Å². The van der Waals surface area contributed by atoms with Crippen LogP contribution in [0.2, 0.25) is 0 Å². The maximum Gasteiger partial charge on any atom is 0.253 e. The Morgan fingerprint density at radius 2 is 2.06 bits per heavy atom. The quantitative estimate of drug-likeness (QED) is 0.803. The number of nitrogens with one attached hydrogen (secondary N) is 1. The van der Waals surface area contributed by atoms with Gasteiger partial charge in [0.1, 0.15) is 0 Å². The maximum absolute atomic E-state index is 12.3. The fourth-order valence-corrected chi connectivity index (χ4v) is 2.30. The first-order valence-corrected chi connectivity index (χ1v) is 6.31. The number of carbonyl (C=O) groups excluding carboxylic acids is 1. The Balaban J connectivity index is 2.25. The van der Waals surface area contributed by atoms with Crippen molar-refractivity contribution in [1.82, 2.24) is 5.32 Å². The summed E-state index contributed by atoms with van der Waals surface area (Å²) in [5.74, 6) is -0.0341. The molecule has 0 radical (unpaired) electrons. The lowest BCUT2D eigenvalue weighted by Crippen LogP contribution is -2.51. The molecule has 0 aliphatic heterocycles. The van der Waals surface area contributed by atoms with Gasteiger partial charge in [0.25, 0.3) is 5.91 Å². The van der Waals surface area contributed by atoms with Crippen LogP contribution in [0.15, 0.2) is 18.2 Å². The number of hydrogen-bond acceptors (Lipinski definition) is 3. The molecule has 1 aromatic carbocycles. The molecule has 0 spiro atoms. The standard InChI is InChI=1S/C14H21N3O/c1-14(7-4-8-14)16-13(18)11-9-10(15)5-6-12(11)17(2)3/h5-6,9H,4,7-8,15H2,1-3H3,(H,16,18). The minimum atomic E-state index is -0.0364. The van der Waals surface area contributed by atoms with Crippen LogP contribution in [0.5, 0.6) is 0 Å². The van der Waals surface area contributed by atoms with Gasteiger partial charge in [-0.05, 0) is 44.4 Å². The molecule has 0 aromatic heterocycles. The van der Waals surface area contributed by atoms with Gasteiger partial charge in [-0.2, -0.15) is 0 Å². The summed E-state index contributed by atoms with van der Waals surface area (Å²) in [4.78, 5) is 14.3. The number of amides is 1. The molecular formula is C14H21N3O. The molecule has 0 saturated heterocycles. The second-order valence-corrected chi connectivity index (χ2v) is 5.54. The highest BCUT2D eigenvalue weighted by Crippen LogP contribution is 2.32. The van der Waals surface area contributed by atoms with Gasteiger partial charge in [-0.3, -0.25) is 4.79 Å². The van der Waals surface area contributed by atoms with Crippen molar-refractivity contribution >= 4 is 17.3 Å². The molecule has 1 aromatic rings. The average molecular weight is 247 g/mol. The Hall–Kier alpha value is -1.71. The fourth-order valence-electron chi connectivity index (χ4n) is 2.30. The molecule has 1 amide bonds. The van der Waals surface area contributed by atoms with E-state index in [0.29, 0.717) is 11.3 Å². The molecule has 0 unspecified atom stereocenters. The predicted molar refractivity (Wildman–Crippen MR) is 74.9 cm³/mol. The van der Waals surface area contributed by atoms with E-state index >= 15 is 0 Å². The van der Waals surface area contributed by atoms with Crippen LogP contribution in [0.3, 0.4) is 0 Å². The van der Waals surface area contributed by atoms with Crippen LogP contribution >= 0.6 is 0 Å². The summed E-state index contributed by atoms with van der Waals surface area (Å²) in [6, 6.07) is 5.44. The summed E-state index contributed by atoms with van der Waals surface area (Å²) in [5.41, 5.74) is 7.90. The third kappa shape index (κ3) is 2.42. The minimum absolute atomic E-state index is 0.0341. The van der Waals surface area contributed by atoms with Crippen molar-refractivity contribution in [2.75, 3.05) is 24.7 Å². The van der Waals surface area contributed by atoms with Crippen molar-refractivity contribution < 1.29 is 4.79 Å². The number of anilines is 2. The van der Waals surface area contributed by atoms with Gasteiger partial charge in [-0.25, -0.2) is 0 Å². The monoisotopic (exact) mass is 247 g/mol. The van der Waals surface area contributed by atoms with Crippen LogP contribution in [0.4, 0.5) is 11.4 Å². The lowest BCUT2D eigenvalue weighted by molar-refractivity contribution is 0.0851. The fraction of sp³-hybridized carbons (Fsp3) is 0.500. The Bertz CT molecular complexity index is 464. The van der Waals surface area contributed by atoms with Crippen molar-refractivity contribution in [1.29, 1.82) is 0 Å². The number of nitrogens with two attached hydrogens (primary N) is 1. The second kappa shape index (κ2) is 4.52. The van der Waals surface area contributed by atoms with E-state index in [1.54, 1.807) is 6.07 Å². The van der Waals surface area contributed by atoms with Crippen molar-refractivity contribution in [3.8, 4) is 0 Å². The Morgan fingerprint density at radius 3 is 2.56 bits per heavy atom. The summed E-state index contributed by atoms with van der Waals surface area (Å²) < 4.78 is 0. The lowest BCUT2D eigenvalue weighted by Gasteiger charge is -2.39. The highest BCUT2D eigenvalue weighted by atomic mass is 16.1. The van der Waals surface area contributed by atoms with Gasteiger partial charge in [-0.1, -0.05) is 0 Å².